The first-order valence-electron chi connectivity index (χ1n) is 7.03. The molecule has 0 aliphatic carbocycles. The first-order chi connectivity index (χ1) is 10.0. The van der Waals surface area contributed by atoms with E-state index in [1.165, 1.54) is 16.2 Å². The number of thiophene rings is 1. The van der Waals surface area contributed by atoms with Gasteiger partial charge in [0.15, 0.2) is 0 Å². The zero-order valence-corrected chi connectivity index (χ0v) is 14.5. The summed E-state index contributed by atoms with van der Waals surface area (Å²) in [7, 11) is 1.66. The van der Waals surface area contributed by atoms with Crippen molar-refractivity contribution in [2.24, 2.45) is 5.73 Å². The van der Waals surface area contributed by atoms with Gasteiger partial charge in [-0.2, -0.15) is 0 Å². The van der Waals surface area contributed by atoms with Crippen molar-refractivity contribution < 1.29 is 9.59 Å². The van der Waals surface area contributed by atoms with Gasteiger partial charge in [-0.3, -0.25) is 9.59 Å². The molecule has 0 spiro atoms. The van der Waals surface area contributed by atoms with Crippen LogP contribution < -0.4 is 5.73 Å². The number of halogens is 1. The number of likely N-dealkylation sites (N-methyl/N-ethyl adjacent to an activating group) is 1. The second kappa shape index (κ2) is 7.38. The number of nitrogens with two attached hydrogens (primary N) is 1. The number of carbonyl (C=O) groups is 2. The fourth-order valence-corrected chi connectivity index (χ4v) is 3.94. The first-order valence-corrected chi connectivity index (χ1v) is 8.64. The minimum atomic E-state index is -0.125. The van der Waals surface area contributed by atoms with Gasteiger partial charge in [-0.1, -0.05) is 0 Å². The molecule has 0 radical (unpaired) electrons. The lowest BCUT2D eigenvalue weighted by Gasteiger charge is -2.36. The van der Waals surface area contributed by atoms with E-state index >= 15 is 0 Å². The smallest absolute Gasteiger partial charge is 0.264 e. The molecule has 2 rings (SSSR count). The van der Waals surface area contributed by atoms with Crippen LogP contribution in [-0.4, -0.2) is 54.3 Å². The molecule has 0 bridgehead atoms. The van der Waals surface area contributed by atoms with Gasteiger partial charge < -0.3 is 15.5 Å². The molecule has 116 valence electrons. The Kier molecular flexibility index (Phi) is 5.78. The molecule has 2 heterocycles. The van der Waals surface area contributed by atoms with Crippen LogP contribution in [0.4, 0.5) is 0 Å². The number of carbonyl (C=O) groups excluding carboxylic acids is 2. The van der Waals surface area contributed by atoms with Crippen LogP contribution in [0.25, 0.3) is 0 Å². The van der Waals surface area contributed by atoms with Crippen molar-refractivity contribution in [3.8, 4) is 0 Å². The topological polar surface area (TPSA) is 66.6 Å². The van der Waals surface area contributed by atoms with E-state index in [0.29, 0.717) is 11.4 Å². The van der Waals surface area contributed by atoms with Crippen molar-refractivity contribution >= 4 is 39.1 Å². The van der Waals surface area contributed by atoms with Gasteiger partial charge in [0.1, 0.15) is 0 Å². The van der Waals surface area contributed by atoms with Gasteiger partial charge in [0, 0.05) is 26.2 Å². The quantitative estimate of drug-likeness (QED) is 0.876. The Balaban J connectivity index is 1.96. The molecule has 1 aliphatic heterocycles. The Hall–Kier alpha value is -0.920. The van der Waals surface area contributed by atoms with Gasteiger partial charge in [-0.05, 0) is 47.3 Å². The van der Waals surface area contributed by atoms with Crippen LogP contribution in [0.15, 0.2) is 15.9 Å². The highest BCUT2D eigenvalue weighted by Gasteiger charge is 2.27. The minimum Gasteiger partial charge on any atom is -0.337 e. The average molecular weight is 374 g/mol. The van der Waals surface area contributed by atoms with E-state index < -0.39 is 0 Å². The molecule has 2 amide bonds. The summed E-state index contributed by atoms with van der Waals surface area (Å²) in [4.78, 5) is 28.6. The van der Waals surface area contributed by atoms with Crippen LogP contribution in [0.5, 0.6) is 0 Å². The molecule has 21 heavy (non-hydrogen) atoms. The third-order valence-corrected chi connectivity index (χ3v) is 5.33. The second-order valence-corrected chi connectivity index (χ2v) is 7.70. The maximum absolute atomic E-state index is 12.4. The Morgan fingerprint density at radius 2 is 2.24 bits per heavy atom. The number of nitrogens with zero attached hydrogens (tertiary/aromatic N) is 2. The third kappa shape index (κ3) is 4.05. The molecular weight excluding hydrogens is 354 g/mol. The number of hydrogen-bond acceptors (Lipinski definition) is 4. The third-order valence-electron chi connectivity index (χ3n) is 3.72. The molecule has 1 aromatic rings. The summed E-state index contributed by atoms with van der Waals surface area (Å²) in [5, 5.41) is 0. The predicted molar refractivity (Wildman–Crippen MR) is 87.4 cm³/mol. The average Bonchev–Trinajstić information content (AvgIpc) is 2.92. The molecule has 7 heteroatoms. The Labute approximate surface area is 137 Å². The van der Waals surface area contributed by atoms with Crippen molar-refractivity contribution in [3.63, 3.8) is 0 Å². The molecule has 2 N–H and O–H groups in total. The lowest BCUT2D eigenvalue weighted by molar-refractivity contribution is -0.135. The van der Waals surface area contributed by atoms with Crippen LogP contribution >= 0.6 is 27.3 Å². The molecule has 1 saturated heterocycles. The molecule has 0 aromatic carbocycles. The van der Waals surface area contributed by atoms with Crippen LogP contribution in [0.3, 0.4) is 0 Å². The summed E-state index contributed by atoms with van der Waals surface area (Å²) in [5.74, 6) is -0.142. The Bertz CT molecular complexity index is 520. The second-order valence-electron chi connectivity index (χ2n) is 5.24. The maximum Gasteiger partial charge on any atom is 0.264 e. The number of piperidine rings is 1. The summed E-state index contributed by atoms with van der Waals surface area (Å²) in [6.45, 7) is 1.33. The standard InChI is InChI=1S/C14H20BrN3O2S/c1-17(14(20)11-5-6-12(15)21-11)9-13(19)18-7-3-2-4-10(18)8-16/h5-6,10H,2-4,7-9,16H2,1H3. The first kappa shape index (κ1) is 16.5. The van der Waals surface area contributed by atoms with Crippen molar-refractivity contribution in [3.05, 3.63) is 20.8 Å². The molecule has 1 aromatic heterocycles. The summed E-state index contributed by atoms with van der Waals surface area (Å²) in [6, 6.07) is 3.72. The van der Waals surface area contributed by atoms with E-state index in [4.69, 9.17) is 5.73 Å². The van der Waals surface area contributed by atoms with Gasteiger partial charge in [0.05, 0.1) is 15.2 Å². The van der Waals surface area contributed by atoms with Crippen molar-refractivity contribution in [1.82, 2.24) is 9.80 Å². The molecular formula is C14H20BrN3O2S. The fourth-order valence-electron chi connectivity index (χ4n) is 2.56. The van der Waals surface area contributed by atoms with E-state index in [9.17, 15) is 9.59 Å². The highest BCUT2D eigenvalue weighted by Crippen LogP contribution is 2.23. The number of rotatable bonds is 4. The lowest BCUT2D eigenvalue weighted by Crippen LogP contribution is -2.50. The summed E-state index contributed by atoms with van der Waals surface area (Å²) < 4.78 is 0.907. The molecule has 5 nitrogen and oxygen atoms in total. The number of amides is 2. The van der Waals surface area contributed by atoms with Gasteiger partial charge in [-0.15, -0.1) is 11.3 Å². The lowest BCUT2D eigenvalue weighted by atomic mass is 10.0. The van der Waals surface area contributed by atoms with E-state index in [2.05, 4.69) is 15.9 Å². The Morgan fingerprint density at radius 3 is 2.86 bits per heavy atom. The van der Waals surface area contributed by atoms with Gasteiger partial charge >= 0.3 is 0 Å². The van der Waals surface area contributed by atoms with Gasteiger partial charge in [0.25, 0.3) is 5.91 Å². The monoisotopic (exact) mass is 373 g/mol. The molecule has 1 fully saturated rings. The highest BCUT2D eigenvalue weighted by atomic mass is 79.9. The fraction of sp³-hybridized carbons (Fsp3) is 0.571. The van der Waals surface area contributed by atoms with Crippen molar-refractivity contribution in [2.45, 2.75) is 25.3 Å². The van der Waals surface area contributed by atoms with Gasteiger partial charge in [0.2, 0.25) is 5.91 Å². The summed E-state index contributed by atoms with van der Waals surface area (Å²) >= 11 is 4.71. The SMILES string of the molecule is CN(CC(=O)N1CCCCC1CN)C(=O)c1ccc(Br)s1. The maximum atomic E-state index is 12.4. The van der Waals surface area contributed by atoms with Crippen LogP contribution in [-0.2, 0) is 4.79 Å². The molecule has 1 atom stereocenters. The van der Waals surface area contributed by atoms with E-state index in [-0.39, 0.29) is 24.4 Å². The number of hydrogen-bond donors (Lipinski definition) is 1. The normalized spacial score (nSPS) is 18.6. The van der Waals surface area contributed by atoms with Gasteiger partial charge in [-0.25, -0.2) is 0 Å². The Morgan fingerprint density at radius 1 is 1.48 bits per heavy atom. The minimum absolute atomic E-state index is 0.0170. The molecule has 1 aliphatic rings. The van der Waals surface area contributed by atoms with E-state index in [1.807, 2.05) is 11.0 Å². The molecule has 0 saturated carbocycles. The summed E-state index contributed by atoms with van der Waals surface area (Å²) in [6.07, 6.45) is 3.08. The van der Waals surface area contributed by atoms with E-state index in [1.54, 1.807) is 13.1 Å². The van der Waals surface area contributed by atoms with Crippen LogP contribution in [0, 0.1) is 0 Å². The van der Waals surface area contributed by atoms with Crippen LogP contribution in [0.2, 0.25) is 0 Å². The largest absolute Gasteiger partial charge is 0.337 e. The zero-order chi connectivity index (χ0) is 15.4. The number of likely N-dealkylation sites (tertiary alicyclic amines) is 1. The predicted octanol–water partition coefficient (Wildman–Crippen LogP) is 1.92. The molecule has 1 unspecified atom stereocenters. The van der Waals surface area contributed by atoms with E-state index in [0.717, 1.165) is 29.6 Å². The van der Waals surface area contributed by atoms with Crippen molar-refractivity contribution in [1.29, 1.82) is 0 Å². The summed E-state index contributed by atoms with van der Waals surface area (Å²) in [5.41, 5.74) is 5.74. The highest BCUT2D eigenvalue weighted by molar-refractivity contribution is 9.11. The van der Waals surface area contributed by atoms with Crippen molar-refractivity contribution in [2.75, 3.05) is 26.7 Å². The van der Waals surface area contributed by atoms with Crippen LogP contribution in [0.1, 0.15) is 28.9 Å². The zero-order valence-electron chi connectivity index (χ0n) is 12.0.